The minimum atomic E-state index is -0.233. The van der Waals surface area contributed by atoms with Gasteiger partial charge in [0.1, 0.15) is 0 Å². The molecule has 0 radical (unpaired) electrons. The maximum Gasteiger partial charge on any atom is 0.232 e. The number of aryl methyl sites for hydroxylation is 2. The van der Waals surface area contributed by atoms with Crippen LogP contribution in [0.5, 0.6) is 0 Å². The van der Waals surface area contributed by atoms with E-state index in [9.17, 15) is 9.59 Å². The quantitative estimate of drug-likeness (QED) is 0.857. The third kappa shape index (κ3) is 2.53. The van der Waals surface area contributed by atoms with E-state index in [1.807, 2.05) is 26.0 Å². The summed E-state index contributed by atoms with van der Waals surface area (Å²) in [5.41, 5.74) is 3.15. The van der Waals surface area contributed by atoms with Crippen LogP contribution in [0.3, 0.4) is 0 Å². The number of nitrogens with zero attached hydrogens (tertiary/aromatic N) is 1. The number of carbonyl (C=O) groups excluding carboxylic acids is 2. The van der Waals surface area contributed by atoms with E-state index in [-0.39, 0.29) is 17.7 Å². The van der Waals surface area contributed by atoms with Gasteiger partial charge in [0, 0.05) is 25.7 Å². The van der Waals surface area contributed by atoms with Gasteiger partial charge in [-0.15, -0.1) is 0 Å². The van der Waals surface area contributed by atoms with Crippen molar-refractivity contribution in [2.45, 2.75) is 20.3 Å². The molecule has 0 saturated carbocycles. The van der Waals surface area contributed by atoms with Gasteiger partial charge in [0.2, 0.25) is 11.8 Å². The first-order valence-corrected chi connectivity index (χ1v) is 6.10. The summed E-state index contributed by atoms with van der Waals surface area (Å²) in [4.78, 5) is 25.0. The second kappa shape index (κ2) is 4.80. The molecule has 0 spiro atoms. The summed E-state index contributed by atoms with van der Waals surface area (Å²) < 4.78 is 0. The molecule has 1 aromatic carbocycles. The zero-order chi connectivity index (χ0) is 13.3. The van der Waals surface area contributed by atoms with Crippen molar-refractivity contribution in [2.75, 3.05) is 18.5 Å². The van der Waals surface area contributed by atoms with Crippen molar-refractivity contribution < 1.29 is 9.59 Å². The normalized spacial score (nSPS) is 18.6. The lowest BCUT2D eigenvalue weighted by atomic mass is 10.1. The average Bonchev–Trinajstić information content (AvgIpc) is 2.72. The molecule has 18 heavy (non-hydrogen) atoms. The predicted octanol–water partition coefficient (Wildman–Crippen LogP) is 1.40. The molecule has 0 bridgehead atoms. The molecule has 1 heterocycles. The van der Waals surface area contributed by atoms with E-state index in [4.69, 9.17) is 0 Å². The van der Waals surface area contributed by atoms with Crippen LogP contribution in [0.1, 0.15) is 17.5 Å². The van der Waals surface area contributed by atoms with E-state index < -0.39 is 0 Å². The van der Waals surface area contributed by atoms with Crippen LogP contribution in [0.4, 0.5) is 5.69 Å². The Bertz CT molecular complexity index is 476. The minimum absolute atomic E-state index is 0.00153. The fourth-order valence-corrected chi connectivity index (χ4v) is 2.33. The Kier molecular flexibility index (Phi) is 3.36. The van der Waals surface area contributed by atoms with Crippen molar-refractivity contribution in [1.82, 2.24) is 5.32 Å². The highest BCUT2D eigenvalue weighted by Crippen LogP contribution is 2.21. The number of rotatable bonds is 2. The molecule has 1 aromatic rings. The molecule has 1 atom stereocenters. The molecule has 0 aromatic heterocycles. The molecule has 1 saturated heterocycles. The summed E-state index contributed by atoms with van der Waals surface area (Å²) in [7, 11) is 1.76. The fraction of sp³-hybridized carbons (Fsp3) is 0.429. The first-order valence-electron chi connectivity index (χ1n) is 6.10. The van der Waals surface area contributed by atoms with Crippen LogP contribution in [0, 0.1) is 19.8 Å². The molecule has 2 amide bonds. The summed E-state index contributed by atoms with van der Waals surface area (Å²) in [6, 6.07) is 6.03. The van der Waals surface area contributed by atoms with Gasteiger partial charge >= 0.3 is 0 Å². The maximum atomic E-state index is 12.2. The van der Waals surface area contributed by atoms with Crippen LogP contribution >= 0.6 is 0 Å². The highest BCUT2D eigenvalue weighted by atomic mass is 16.2. The van der Waals surface area contributed by atoms with Crippen LogP contribution in [0.25, 0.3) is 0 Å². The van der Waals surface area contributed by atoms with Crippen LogP contribution in [0.2, 0.25) is 0 Å². The third-order valence-corrected chi connectivity index (χ3v) is 3.25. The lowest BCUT2D eigenvalue weighted by Gasteiger charge is -2.21. The van der Waals surface area contributed by atoms with Crippen molar-refractivity contribution in [3.05, 3.63) is 29.3 Å². The summed E-state index contributed by atoms with van der Waals surface area (Å²) >= 11 is 0. The Morgan fingerprint density at radius 2 is 1.89 bits per heavy atom. The summed E-state index contributed by atoms with van der Waals surface area (Å²) in [5.74, 6) is -0.274. The minimum Gasteiger partial charge on any atom is -0.355 e. The molecule has 1 aliphatic rings. The number of carbonyl (C=O) groups is 2. The largest absolute Gasteiger partial charge is 0.355 e. The molecule has 1 unspecified atom stereocenters. The lowest BCUT2D eigenvalue weighted by molar-refractivity contribution is -0.124. The summed E-state index contributed by atoms with van der Waals surface area (Å²) in [5, 5.41) is 2.69. The first kappa shape index (κ1) is 12.6. The van der Waals surface area contributed by atoms with E-state index in [2.05, 4.69) is 11.4 Å². The average molecular weight is 246 g/mol. The number of anilines is 1. The molecule has 4 nitrogen and oxygen atoms in total. The predicted molar refractivity (Wildman–Crippen MR) is 70.4 cm³/mol. The molecule has 1 aliphatic heterocycles. The Morgan fingerprint density at radius 1 is 1.28 bits per heavy atom. The van der Waals surface area contributed by atoms with Gasteiger partial charge in [-0.2, -0.15) is 0 Å². The number of nitrogens with one attached hydrogen (secondary N) is 1. The van der Waals surface area contributed by atoms with Crippen molar-refractivity contribution in [3.63, 3.8) is 0 Å². The van der Waals surface area contributed by atoms with Crippen LogP contribution < -0.4 is 10.2 Å². The van der Waals surface area contributed by atoms with Gasteiger partial charge in [-0.25, -0.2) is 0 Å². The van der Waals surface area contributed by atoms with Gasteiger partial charge in [0.15, 0.2) is 0 Å². The number of amides is 2. The maximum absolute atomic E-state index is 12.2. The topological polar surface area (TPSA) is 49.4 Å². The molecule has 96 valence electrons. The van der Waals surface area contributed by atoms with Crippen molar-refractivity contribution >= 4 is 17.5 Å². The van der Waals surface area contributed by atoms with Crippen molar-refractivity contribution in [2.24, 2.45) is 5.92 Å². The Morgan fingerprint density at radius 3 is 2.39 bits per heavy atom. The van der Waals surface area contributed by atoms with Crippen LogP contribution in [0.15, 0.2) is 18.2 Å². The molecule has 0 aliphatic carbocycles. The standard InChI is InChI=1S/C14H18N2O2/c1-9-4-10(2)6-12(5-9)16(3)14(18)11-7-13(17)15-8-11/h4-6,11H,7-8H2,1-3H3,(H,15,17). The van der Waals surface area contributed by atoms with E-state index in [0.29, 0.717) is 13.0 Å². The van der Waals surface area contributed by atoms with E-state index in [0.717, 1.165) is 16.8 Å². The molecule has 1 N–H and O–H groups in total. The Hall–Kier alpha value is -1.84. The second-order valence-corrected chi connectivity index (χ2v) is 4.95. The SMILES string of the molecule is Cc1cc(C)cc(N(C)C(=O)C2CNC(=O)C2)c1. The molecule has 4 heteroatoms. The number of benzene rings is 1. The first-order chi connectivity index (χ1) is 8.47. The Balaban J connectivity index is 2.17. The van der Waals surface area contributed by atoms with E-state index >= 15 is 0 Å². The van der Waals surface area contributed by atoms with E-state index in [1.54, 1.807) is 11.9 Å². The van der Waals surface area contributed by atoms with Crippen LogP contribution in [-0.4, -0.2) is 25.4 Å². The lowest BCUT2D eigenvalue weighted by Crippen LogP contribution is -2.34. The Labute approximate surface area is 107 Å². The highest BCUT2D eigenvalue weighted by molar-refractivity contribution is 5.98. The number of hydrogen-bond donors (Lipinski definition) is 1. The van der Waals surface area contributed by atoms with Gasteiger partial charge in [-0.1, -0.05) is 6.07 Å². The summed E-state index contributed by atoms with van der Waals surface area (Å²) in [6.07, 6.45) is 0.300. The second-order valence-electron chi connectivity index (χ2n) is 4.95. The highest BCUT2D eigenvalue weighted by Gasteiger charge is 2.30. The van der Waals surface area contributed by atoms with Crippen molar-refractivity contribution in [3.8, 4) is 0 Å². The van der Waals surface area contributed by atoms with Crippen molar-refractivity contribution in [1.29, 1.82) is 0 Å². The van der Waals surface area contributed by atoms with Crippen LogP contribution in [-0.2, 0) is 9.59 Å². The van der Waals surface area contributed by atoms with Gasteiger partial charge in [-0.05, 0) is 37.1 Å². The van der Waals surface area contributed by atoms with E-state index in [1.165, 1.54) is 0 Å². The van der Waals surface area contributed by atoms with Gasteiger partial charge in [-0.3, -0.25) is 9.59 Å². The smallest absolute Gasteiger partial charge is 0.232 e. The number of hydrogen-bond acceptors (Lipinski definition) is 2. The van der Waals surface area contributed by atoms with Gasteiger partial charge in [0.05, 0.1) is 5.92 Å². The molecular formula is C14H18N2O2. The zero-order valence-corrected chi connectivity index (χ0v) is 11.0. The molecule has 2 rings (SSSR count). The summed E-state index contributed by atoms with van der Waals surface area (Å²) in [6.45, 7) is 4.47. The fourth-order valence-electron chi connectivity index (χ4n) is 2.33. The monoisotopic (exact) mass is 246 g/mol. The van der Waals surface area contributed by atoms with Gasteiger partial charge < -0.3 is 10.2 Å². The van der Waals surface area contributed by atoms with Gasteiger partial charge in [0.25, 0.3) is 0 Å². The zero-order valence-electron chi connectivity index (χ0n) is 11.0. The molecule has 1 fully saturated rings. The third-order valence-electron chi connectivity index (χ3n) is 3.25. The molecular weight excluding hydrogens is 228 g/mol.